The van der Waals surface area contributed by atoms with Crippen molar-refractivity contribution >= 4 is 5.69 Å². The van der Waals surface area contributed by atoms with Crippen LogP contribution in [0.5, 0.6) is 0 Å². The fourth-order valence-electron chi connectivity index (χ4n) is 3.29. The normalized spacial score (nSPS) is 14.1. The quantitative estimate of drug-likeness (QED) is 0.929. The van der Waals surface area contributed by atoms with Gasteiger partial charge in [0.15, 0.2) is 0 Å². The molecule has 2 N–H and O–H groups in total. The Morgan fingerprint density at radius 1 is 1.10 bits per heavy atom. The molecule has 0 saturated heterocycles. The summed E-state index contributed by atoms with van der Waals surface area (Å²) < 4.78 is 0. The smallest absolute Gasteiger partial charge is 0.0399 e. The predicted molar refractivity (Wildman–Crippen MR) is 89.8 cm³/mol. The first-order valence-corrected chi connectivity index (χ1v) is 7.89. The summed E-state index contributed by atoms with van der Waals surface area (Å²) in [4.78, 5) is 2.53. The van der Waals surface area contributed by atoms with Crippen LogP contribution in [0.25, 0.3) is 0 Å². The molecule has 0 spiro atoms. The lowest BCUT2D eigenvalue weighted by molar-refractivity contribution is 0.686. The summed E-state index contributed by atoms with van der Waals surface area (Å²) in [7, 11) is 0. The molecule has 0 radical (unpaired) electrons. The molecule has 2 aromatic carbocycles. The number of nitrogens with zero attached hydrogens (tertiary/aromatic N) is 1. The van der Waals surface area contributed by atoms with Crippen LogP contribution in [0.15, 0.2) is 42.5 Å². The maximum atomic E-state index is 5.84. The van der Waals surface area contributed by atoms with Gasteiger partial charge in [-0.25, -0.2) is 0 Å². The summed E-state index contributed by atoms with van der Waals surface area (Å²) in [5.41, 5.74) is 12.8. The predicted octanol–water partition coefficient (Wildman–Crippen LogP) is 3.45. The van der Waals surface area contributed by atoms with Crippen molar-refractivity contribution in [1.29, 1.82) is 0 Å². The van der Waals surface area contributed by atoms with Crippen LogP contribution in [0.2, 0.25) is 0 Å². The SMILES string of the molecule is Cc1ccc2c(c1)CCCN2CCc1ccccc1CN. The van der Waals surface area contributed by atoms with Gasteiger partial charge in [0.05, 0.1) is 0 Å². The fourth-order valence-corrected chi connectivity index (χ4v) is 3.29. The lowest BCUT2D eigenvalue weighted by atomic mass is 9.98. The zero-order chi connectivity index (χ0) is 14.7. The Morgan fingerprint density at radius 2 is 1.90 bits per heavy atom. The van der Waals surface area contributed by atoms with Crippen molar-refractivity contribution in [2.24, 2.45) is 5.73 Å². The maximum absolute atomic E-state index is 5.84. The average molecular weight is 280 g/mol. The van der Waals surface area contributed by atoms with Crippen LogP contribution in [0.4, 0.5) is 5.69 Å². The third kappa shape index (κ3) is 3.11. The van der Waals surface area contributed by atoms with E-state index in [0.717, 1.165) is 13.0 Å². The molecule has 21 heavy (non-hydrogen) atoms. The molecule has 3 rings (SSSR count). The molecule has 2 heteroatoms. The molecule has 0 unspecified atom stereocenters. The van der Waals surface area contributed by atoms with Crippen LogP contribution >= 0.6 is 0 Å². The topological polar surface area (TPSA) is 29.3 Å². The Kier molecular flexibility index (Phi) is 4.26. The van der Waals surface area contributed by atoms with Crippen molar-refractivity contribution in [2.75, 3.05) is 18.0 Å². The lowest BCUT2D eigenvalue weighted by Crippen LogP contribution is -2.31. The second kappa shape index (κ2) is 6.31. The molecule has 2 nitrogen and oxygen atoms in total. The first kappa shape index (κ1) is 14.2. The van der Waals surface area contributed by atoms with E-state index in [2.05, 4.69) is 54.3 Å². The van der Waals surface area contributed by atoms with Crippen molar-refractivity contribution < 1.29 is 0 Å². The van der Waals surface area contributed by atoms with E-state index in [-0.39, 0.29) is 0 Å². The minimum Gasteiger partial charge on any atom is -0.371 e. The van der Waals surface area contributed by atoms with Gasteiger partial charge in [-0.05, 0) is 48.9 Å². The van der Waals surface area contributed by atoms with E-state index >= 15 is 0 Å². The zero-order valence-electron chi connectivity index (χ0n) is 12.8. The Balaban J connectivity index is 1.75. The highest BCUT2D eigenvalue weighted by Gasteiger charge is 2.16. The van der Waals surface area contributed by atoms with Gasteiger partial charge in [-0.3, -0.25) is 0 Å². The van der Waals surface area contributed by atoms with Crippen molar-refractivity contribution in [3.8, 4) is 0 Å². The van der Waals surface area contributed by atoms with Gasteiger partial charge in [0.1, 0.15) is 0 Å². The van der Waals surface area contributed by atoms with E-state index in [9.17, 15) is 0 Å². The van der Waals surface area contributed by atoms with Crippen LogP contribution in [-0.4, -0.2) is 13.1 Å². The number of anilines is 1. The highest BCUT2D eigenvalue weighted by molar-refractivity contribution is 5.56. The maximum Gasteiger partial charge on any atom is 0.0399 e. The molecule has 0 bridgehead atoms. The molecular weight excluding hydrogens is 256 g/mol. The van der Waals surface area contributed by atoms with Gasteiger partial charge in [-0.1, -0.05) is 42.0 Å². The van der Waals surface area contributed by atoms with E-state index in [0.29, 0.717) is 6.54 Å². The number of benzene rings is 2. The molecular formula is C19H24N2. The fraction of sp³-hybridized carbons (Fsp3) is 0.368. The van der Waals surface area contributed by atoms with Crippen molar-refractivity contribution in [3.63, 3.8) is 0 Å². The largest absolute Gasteiger partial charge is 0.371 e. The highest BCUT2D eigenvalue weighted by Crippen LogP contribution is 2.28. The third-order valence-electron chi connectivity index (χ3n) is 4.44. The van der Waals surface area contributed by atoms with Crippen LogP contribution in [-0.2, 0) is 19.4 Å². The summed E-state index contributed by atoms with van der Waals surface area (Å²) >= 11 is 0. The number of hydrogen-bond acceptors (Lipinski definition) is 2. The number of nitrogens with two attached hydrogens (primary N) is 1. The van der Waals surface area contributed by atoms with Gasteiger partial charge in [0.2, 0.25) is 0 Å². The molecule has 1 heterocycles. The van der Waals surface area contributed by atoms with Crippen molar-refractivity contribution in [2.45, 2.75) is 32.7 Å². The minimum absolute atomic E-state index is 0.631. The minimum atomic E-state index is 0.631. The first-order valence-electron chi connectivity index (χ1n) is 7.89. The molecule has 0 aliphatic carbocycles. The molecule has 110 valence electrons. The molecule has 2 aromatic rings. The third-order valence-corrected chi connectivity index (χ3v) is 4.44. The number of hydrogen-bond donors (Lipinski definition) is 1. The number of aryl methyl sites for hydroxylation is 2. The Morgan fingerprint density at radius 3 is 2.71 bits per heavy atom. The summed E-state index contributed by atoms with van der Waals surface area (Å²) in [5, 5.41) is 0. The average Bonchev–Trinajstić information content (AvgIpc) is 2.52. The number of rotatable bonds is 4. The molecule has 0 aromatic heterocycles. The summed E-state index contributed by atoms with van der Waals surface area (Å²) in [6.07, 6.45) is 3.54. The standard InChI is InChI=1S/C19H24N2/c1-15-8-9-19-17(13-15)7-4-11-21(19)12-10-16-5-2-3-6-18(16)14-20/h2-3,5-6,8-9,13H,4,7,10-12,14,20H2,1H3. The molecule has 1 aliphatic heterocycles. The van der Waals surface area contributed by atoms with Gasteiger partial charge in [0.25, 0.3) is 0 Å². The second-order valence-electron chi connectivity index (χ2n) is 5.95. The molecule has 0 amide bonds. The first-order chi connectivity index (χ1) is 10.3. The zero-order valence-corrected chi connectivity index (χ0v) is 12.8. The van der Waals surface area contributed by atoms with Gasteiger partial charge in [-0.2, -0.15) is 0 Å². The Hall–Kier alpha value is -1.80. The van der Waals surface area contributed by atoms with Crippen molar-refractivity contribution in [1.82, 2.24) is 0 Å². The molecule has 0 fully saturated rings. The van der Waals surface area contributed by atoms with E-state index in [1.807, 2.05) is 0 Å². The lowest BCUT2D eigenvalue weighted by Gasteiger charge is -2.32. The summed E-state index contributed by atoms with van der Waals surface area (Å²) in [5.74, 6) is 0. The van der Waals surface area contributed by atoms with Gasteiger partial charge < -0.3 is 10.6 Å². The van der Waals surface area contributed by atoms with E-state index in [1.165, 1.54) is 47.3 Å². The Labute approximate surface area is 127 Å². The van der Waals surface area contributed by atoms with E-state index in [1.54, 1.807) is 0 Å². The monoisotopic (exact) mass is 280 g/mol. The van der Waals surface area contributed by atoms with Crippen LogP contribution in [0, 0.1) is 6.92 Å². The molecule has 0 atom stereocenters. The van der Waals surface area contributed by atoms with Crippen LogP contribution < -0.4 is 10.6 Å². The van der Waals surface area contributed by atoms with Crippen molar-refractivity contribution in [3.05, 3.63) is 64.7 Å². The second-order valence-corrected chi connectivity index (χ2v) is 5.95. The molecule has 1 aliphatic rings. The van der Waals surface area contributed by atoms with E-state index < -0.39 is 0 Å². The van der Waals surface area contributed by atoms with Crippen LogP contribution in [0.3, 0.4) is 0 Å². The van der Waals surface area contributed by atoms with Crippen LogP contribution in [0.1, 0.15) is 28.7 Å². The van der Waals surface area contributed by atoms with Gasteiger partial charge >= 0.3 is 0 Å². The Bertz CT molecular complexity index is 619. The summed E-state index contributed by atoms with van der Waals surface area (Å²) in [6, 6.07) is 15.4. The van der Waals surface area contributed by atoms with E-state index in [4.69, 9.17) is 5.73 Å². The molecule has 0 saturated carbocycles. The van der Waals surface area contributed by atoms with Gasteiger partial charge in [-0.15, -0.1) is 0 Å². The number of fused-ring (bicyclic) bond motifs is 1. The summed E-state index contributed by atoms with van der Waals surface area (Å²) in [6.45, 7) is 5.05. The van der Waals surface area contributed by atoms with Gasteiger partial charge in [0, 0.05) is 25.3 Å². The highest BCUT2D eigenvalue weighted by atomic mass is 15.1.